The fraction of sp³-hybridized carbons (Fsp3) is 0.400. The van der Waals surface area contributed by atoms with Crippen LogP contribution in [-0.2, 0) is 4.74 Å². The number of rotatable bonds is 4. The quantitative estimate of drug-likeness (QED) is 0.598. The molecule has 1 rings (SSSR count). The van der Waals surface area contributed by atoms with Gasteiger partial charge in [-0.25, -0.2) is 0 Å². The molecule has 1 aromatic heterocycles. The number of hydrogen-bond donors (Lipinski definition) is 2. The molecule has 0 unspecified atom stereocenters. The molecule has 0 radical (unpaired) electrons. The van der Waals surface area contributed by atoms with Crippen LogP contribution in [-0.4, -0.2) is 30.4 Å². The Labute approximate surface area is 95.0 Å². The second kappa shape index (κ2) is 6.31. The van der Waals surface area contributed by atoms with Crippen LogP contribution in [0, 0.1) is 6.92 Å². The predicted molar refractivity (Wildman–Crippen MR) is 65.1 cm³/mol. The van der Waals surface area contributed by atoms with E-state index in [0.29, 0.717) is 18.3 Å². The van der Waals surface area contributed by atoms with Gasteiger partial charge in [0.2, 0.25) is 0 Å². The highest BCUT2D eigenvalue weighted by Gasteiger charge is 1.99. The first kappa shape index (κ1) is 11.9. The highest BCUT2D eigenvalue weighted by molar-refractivity contribution is 7.80. The number of methoxy groups -OCH3 is 1. The summed E-state index contributed by atoms with van der Waals surface area (Å²) < 4.78 is 4.90. The summed E-state index contributed by atoms with van der Waals surface area (Å²) in [4.78, 5) is 4.15. The van der Waals surface area contributed by atoms with Gasteiger partial charge >= 0.3 is 0 Å². The van der Waals surface area contributed by atoms with Gasteiger partial charge in [-0.05, 0) is 31.3 Å². The van der Waals surface area contributed by atoms with Gasteiger partial charge < -0.3 is 15.4 Å². The van der Waals surface area contributed by atoms with Crippen molar-refractivity contribution in [3.63, 3.8) is 0 Å². The lowest BCUT2D eigenvalue weighted by Gasteiger charge is -2.11. The zero-order chi connectivity index (χ0) is 11.1. The number of nitrogens with zero attached hydrogens (tertiary/aromatic N) is 1. The summed E-state index contributed by atoms with van der Waals surface area (Å²) in [6.07, 6.45) is 1.75. The molecule has 4 nitrogen and oxygen atoms in total. The van der Waals surface area contributed by atoms with Gasteiger partial charge in [-0.3, -0.25) is 4.98 Å². The van der Waals surface area contributed by atoms with Gasteiger partial charge in [-0.1, -0.05) is 0 Å². The predicted octanol–water partition coefficient (Wildman–Crippen LogP) is 1.32. The molecule has 0 amide bonds. The van der Waals surface area contributed by atoms with Gasteiger partial charge in [0.05, 0.1) is 18.0 Å². The summed E-state index contributed by atoms with van der Waals surface area (Å²) in [7, 11) is 1.66. The van der Waals surface area contributed by atoms with E-state index in [1.54, 1.807) is 13.3 Å². The molecule has 0 aliphatic carbocycles. The van der Waals surface area contributed by atoms with Gasteiger partial charge in [0, 0.05) is 19.9 Å². The lowest BCUT2D eigenvalue weighted by Crippen LogP contribution is -2.31. The maximum absolute atomic E-state index is 5.10. The van der Waals surface area contributed by atoms with E-state index < -0.39 is 0 Å². The maximum atomic E-state index is 5.10. The minimum atomic E-state index is 0.586. The Morgan fingerprint density at radius 2 is 2.40 bits per heavy atom. The number of pyridine rings is 1. The molecule has 1 heterocycles. The van der Waals surface area contributed by atoms with Crippen LogP contribution in [0.3, 0.4) is 0 Å². The van der Waals surface area contributed by atoms with E-state index in [4.69, 9.17) is 17.0 Å². The molecule has 5 heteroatoms. The molecule has 2 N–H and O–H groups in total. The maximum Gasteiger partial charge on any atom is 0.170 e. The lowest BCUT2D eigenvalue weighted by molar-refractivity contribution is 0.204. The first-order chi connectivity index (χ1) is 7.24. The molecule has 0 aliphatic heterocycles. The first-order valence-electron chi connectivity index (χ1n) is 4.69. The molecule has 0 saturated carbocycles. The van der Waals surface area contributed by atoms with Gasteiger partial charge in [0.25, 0.3) is 0 Å². The number of aryl methyl sites for hydroxylation is 1. The van der Waals surface area contributed by atoms with Crippen LogP contribution in [0.5, 0.6) is 0 Å². The SMILES string of the molecule is COCCNC(=S)Nc1cccnc1C. The molecule has 15 heavy (non-hydrogen) atoms. The summed E-state index contributed by atoms with van der Waals surface area (Å²) in [5, 5.41) is 6.68. The van der Waals surface area contributed by atoms with Crippen LogP contribution in [0.4, 0.5) is 5.69 Å². The van der Waals surface area contributed by atoms with E-state index >= 15 is 0 Å². The Morgan fingerprint density at radius 3 is 3.07 bits per heavy atom. The smallest absolute Gasteiger partial charge is 0.170 e. The van der Waals surface area contributed by atoms with E-state index in [9.17, 15) is 0 Å². The van der Waals surface area contributed by atoms with E-state index in [-0.39, 0.29) is 0 Å². The molecule has 0 saturated heterocycles. The topological polar surface area (TPSA) is 46.2 Å². The van der Waals surface area contributed by atoms with Crippen LogP contribution < -0.4 is 10.6 Å². The molecular formula is C10H15N3OS. The standard InChI is InChI=1S/C10H15N3OS/c1-8-9(4-3-5-11-8)13-10(15)12-6-7-14-2/h3-5H,6-7H2,1-2H3,(H2,12,13,15). The molecule has 0 aliphatic rings. The van der Waals surface area contributed by atoms with Gasteiger partial charge in [-0.2, -0.15) is 0 Å². The second-order valence-electron chi connectivity index (χ2n) is 3.01. The second-order valence-corrected chi connectivity index (χ2v) is 3.42. The van der Waals surface area contributed by atoms with Gasteiger partial charge in [0.1, 0.15) is 0 Å². The van der Waals surface area contributed by atoms with Gasteiger partial charge in [0.15, 0.2) is 5.11 Å². The minimum absolute atomic E-state index is 0.586. The zero-order valence-electron chi connectivity index (χ0n) is 8.91. The van der Waals surface area contributed by atoms with Crippen LogP contribution in [0.15, 0.2) is 18.3 Å². The fourth-order valence-electron chi connectivity index (χ4n) is 1.05. The van der Waals surface area contributed by atoms with Crippen molar-refractivity contribution in [3.8, 4) is 0 Å². The van der Waals surface area contributed by atoms with Crippen molar-refractivity contribution < 1.29 is 4.74 Å². The highest BCUT2D eigenvalue weighted by atomic mass is 32.1. The minimum Gasteiger partial charge on any atom is -0.383 e. The first-order valence-corrected chi connectivity index (χ1v) is 5.10. The number of anilines is 1. The van der Waals surface area contributed by atoms with Crippen LogP contribution in [0.25, 0.3) is 0 Å². The van der Waals surface area contributed by atoms with Crippen molar-refractivity contribution in [2.45, 2.75) is 6.92 Å². The van der Waals surface area contributed by atoms with Crippen molar-refractivity contribution in [2.75, 3.05) is 25.6 Å². The Bertz CT molecular complexity index is 330. The van der Waals surface area contributed by atoms with Crippen molar-refractivity contribution in [1.82, 2.24) is 10.3 Å². The Kier molecular flexibility index (Phi) is 5.00. The van der Waals surface area contributed by atoms with E-state index in [1.807, 2.05) is 19.1 Å². The van der Waals surface area contributed by atoms with Crippen LogP contribution in [0.2, 0.25) is 0 Å². The molecule has 0 aromatic carbocycles. The Morgan fingerprint density at radius 1 is 1.60 bits per heavy atom. The molecule has 82 valence electrons. The number of hydrogen-bond acceptors (Lipinski definition) is 3. The third-order valence-corrected chi connectivity index (χ3v) is 2.09. The van der Waals surface area contributed by atoms with Crippen LogP contribution >= 0.6 is 12.2 Å². The summed E-state index contributed by atoms with van der Waals surface area (Å²) >= 11 is 5.10. The van der Waals surface area contributed by atoms with Gasteiger partial charge in [-0.15, -0.1) is 0 Å². The number of ether oxygens (including phenoxy) is 1. The fourth-order valence-corrected chi connectivity index (χ4v) is 1.26. The normalized spacial score (nSPS) is 9.73. The summed E-state index contributed by atoms with van der Waals surface area (Å²) in [5.41, 5.74) is 1.85. The van der Waals surface area contributed by atoms with E-state index in [1.165, 1.54) is 0 Å². The summed E-state index contributed by atoms with van der Waals surface area (Å²) in [5.74, 6) is 0. The monoisotopic (exact) mass is 225 g/mol. The Balaban J connectivity index is 2.41. The number of thiocarbonyl (C=S) groups is 1. The largest absolute Gasteiger partial charge is 0.383 e. The number of nitrogens with one attached hydrogen (secondary N) is 2. The zero-order valence-corrected chi connectivity index (χ0v) is 9.73. The van der Waals surface area contributed by atoms with Crippen molar-refractivity contribution in [2.24, 2.45) is 0 Å². The molecule has 0 fully saturated rings. The lowest BCUT2D eigenvalue weighted by atomic mass is 10.3. The summed E-state index contributed by atoms with van der Waals surface area (Å²) in [6.45, 7) is 3.26. The van der Waals surface area contributed by atoms with Crippen molar-refractivity contribution >= 4 is 23.0 Å². The van der Waals surface area contributed by atoms with E-state index in [0.717, 1.165) is 11.4 Å². The molecule has 0 bridgehead atoms. The molecule has 0 spiro atoms. The molecular weight excluding hydrogens is 210 g/mol. The van der Waals surface area contributed by atoms with E-state index in [2.05, 4.69) is 15.6 Å². The average Bonchev–Trinajstić information content (AvgIpc) is 2.22. The third kappa shape index (κ3) is 4.22. The highest BCUT2D eigenvalue weighted by Crippen LogP contribution is 2.09. The summed E-state index contributed by atoms with van der Waals surface area (Å²) in [6, 6.07) is 3.81. The van der Waals surface area contributed by atoms with Crippen LogP contribution in [0.1, 0.15) is 5.69 Å². The Hall–Kier alpha value is -1.20. The van der Waals surface area contributed by atoms with Crippen molar-refractivity contribution in [3.05, 3.63) is 24.0 Å². The molecule has 0 atom stereocenters. The van der Waals surface area contributed by atoms with Crippen molar-refractivity contribution in [1.29, 1.82) is 0 Å². The molecule has 1 aromatic rings. The number of aromatic nitrogens is 1. The third-order valence-electron chi connectivity index (χ3n) is 1.85. The average molecular weight is 225 g/mol.